The van der Waals surface area contributed by atoms with Gasteiger partial charge in [-0.05, 0) is 12.1 Å². The molecule has 108 valence electrons. The SMILES string of the molecule is N#CC(C#N)=CNc1cccc2c1OC(F)(F)C(F)(F)O2. The minimum absolute atomic E-state index is 0.161. The first kappa shape index (κ1) is 14.5. The largest absolute Gasteiger partial charge is 0.507 e. The number of ether oxygens (including phenoxy) is 2. The number of rotatable bonds is 2. The highest BCUT2D eigenvalue weighted by molar-refractivity contribution is 5.65. The molecule has 2 rings (SSSR count). The fourth-order valence-electron chi connectivity index (χ4n) is 1.44. The van der Waals surface area contributed by atoms with Crippen LogP contribution < -0.4 is 14.8 Å². The maximum Gasteiger partial charge on any atom is 0.507 e. The number of hydrogen-bond acceptors (Lipinski definition) is 5. The summed E-state index contributed by atoms with van der Waals surface area (Å²) in [5, 5.41) is 19.4. The Bertz CT molecular complexity index is 673. The van der Waals surface area contributed by atoms with Crippen molar-refractivity contribution in [1.82, 2.24) is 0 Å². The van der Waals surface area contributed by atoms with E-state index in [4.69, 9.17) is 10.5 Å². The van der Waals surface area contributed by atoms with E-state index >= 15 is 0 Å². The number of benzene rings is 1. The minimum atomic E-state index is -4.85. The van der Waals surface area contributed by atoms with Gasteiger partial charge in [0, 0.05) is 6.20 Å². The van der Waals surface area contributed by atoms with Crippen LogP contribution in [0.2, 0.25) is 0 Å². The summed E-state index contributed by atoms with van der Waals surface area (Å²) in [7, 11) is 0. The van der Waals surface area contributed by atoms with Gasteiger partial charge >= 0.3 is 12.2 Å². The van der Waals surface area contributed by atoms with Gasteiger partial charge in [0.1, 0.15) is 17.7 Å². The van der Waals surface area contributed by atoms with Crippen LogP contribution in [0, 0.1) is 22.7 Å². The van der Waals surface area contributed by atoms with Crippen LogP contribution in [0.1, 0.15) is 0 Å². The van der Waals surface area contributed by atoms with E-state index in [-0.39, 0.29) is 11.3 Å². The monoisotopic (exact) mass is 299 g/mol. The summed E-state index contributed by atoms with van der Waals surface area (Å²) in [6.45, 7) is 0. The van der Waals surface area contributed by atoms with E-state index in [0.29, 0.717) is 0 Å². The van der Waals surface area contributed by atoms with Crippen molar-refractivity contribution in [2.24, 2.45) is 0 Å². The van der Waals surface area contributed by atoms with Crippen molar-refractivity contribution >= 4 is 5.69 Å². The molecule has 0 bridgehead atoms. The fourth-order valence-corrected chi connectivity index (χ4v) is 1.44. The molecule has 1 N–H and O–H groups in total. The molecule has 1 aromatic rings. The van der Waals surface area contributed by atoms with E-state index in [1.807, 2.05) is 0 Å². The Morgan fingerprint density at radius 2 is 1.71 bits per heavy atom. The third-order valence-corrected chi connectivity index (χ3v) is 2.40. The summed E-state index contributed by atoms with van der Waals surface area (Å²) in [6, 6.07) is 6.55. The van der Waals surface area contributed by atoms with Crippen molar-refractivity contribution in [3.05, 3.63) is 30.0 Å². The van der Waals surface area contributed by atoms with Gasteiger partial charge in [0.05, 0.1) is 5.69 Å². The molecule has 9 heteroatoms. The molecule has 5 nitrogen and oxygen atoms in total. The van der Waals surface area contributed by atoms with Crippen LogP contribution in [0.25, 0.3) is 0 Å². The molecule has 0 radical (unpaired) electrons. The average Bonchev–Trinajstić information content (AvgIpc) is 2.41. The first-order chi connectivity index (χ1) is 9.80. The Kier molecular flexibility index (Phi) is 3.36. The van der Waals surface area contributed by atoms with Gasteiger partial charge in [0.2, 0.25) is 0 Å². The molecule has 0 saturated heterocycles. The Hall–Kier alpha value is -2.94. The lowest BCUT2D eigenvalue weighted by Gasteiger charge is -2.32. The van der Waals surface area contributed by atoms with Gasteiger partial charge in [-0.15, -0.1) is 0 Å². The molecule has 1 aromatic carbocycles. The Labute approximate surface area is 115 Å². The smallest absolute Gasteiger partial charge is 0.421 e. The van der Waals surface area contributed by atoms with Crippen molar-refractivity contribution in [3.63, 3.8) is 0 Å². The van der Waals surface area contributed by atoms with Gasteiger partial charge in [-0.3, -0.25) is 0 Å². The number of nitriles is 2. The van der Waals surface area contributed by atoms with Gasteiger partial charge in [-0.1, -0.05) is 6.07 Å². The number of hydrogen-bond donors (Lipinski definition) is 1. The molecule has 0 spiro atoms. The zero-order chi connectivity index (χ0) is 15.7. The number of halogens is 4. The Morgan fingerprint density at radius 3 is 2.33 bits per heavy atom. The van der Waals surface area contributed by atoms with Gasteiger partial charge in [0.15, 0.2) is 11.5 Å². The third-order valence-electron chi connectivity index (χ3n) is 2.40. The quantitative estimate of drug-likeness (QED) is 0.671. The summed E-state index contributed by atoms with van der Waals surface area (Å²) in [6.07, 6.45) is -8.74. The highest BCUT2D eigenvalue weighted by Crippen LogP contribution is 2.49. The molecule has 0 aliphatic carbocycles. The predicted octanol–water partition coefficient (Wildman–Crippen LogP) is 2.99. The van der Waals surface area contributed by atoms with E-state index in [1.54, 1.807) is 0 Å². The predicted molar refractivity (Wildman–Crippen MR) is 60.5 cm³/mol. The van der Waals surface area contributed by atoms with Crippen LogP contribution in [0.15, 0.2) is 30.0 Å². The lowest BCUT2D eigenvalue weighted by molar-refractivity contribution is -0.391. The molecule has 0 unspecified atom stereocenters. The van der Waals surface area contributed by atoms with Crippen LogP contribution in [0.3, 0.4) is 0 Å². The Morgan fingerprint density at radius 1 is 1.10 bits per heavy atom. The third kappa shape index (κ3) is 2.54. The molecular formula is C12H5F4N3O2. The highest BCUT2D eigenvalue weighted by Gasteiger charge is 2.66. The van der Waals surface area contributed by atoms with E-state index in [0.717, 1.165) is 12.3 Å². The maximum absolute atomic E-state index is 13.1. The normalized spacial score (nSPS) is 17.0. The van der Waals surface area contributed by atoms with Gasteiger partial charge < -0.3 is 14.8 Å². The Balaban J connectivity index is 2.40. The zero-order valence-corrected chi connectivity index (χ0v) is 10.0. The van der Waals surface area contributed by atoms with Crippen LogP contribution in [0.4, 0.5) is 23.2 Å². The van der Waals surface area contributed by atoms with Crippen LogP contribution in [0.5, 0.6) is 11.5 Å². The molecule has 0 fully saturated rings. The minimum Gasteiger partial charge on any atom is -0.421 e. The van der Waals surface area contributed by atoms with Crippen molar-refractivity contribution in [2.45, 2.75) is 12.2 Å². The van der Waals surface area contributed by atoms with Gasteiger partial charge in [-0.2, -0.15) is 28.1 Å². The number of nitrogens with one attached hydrogen (secondary N) is 1. The van der Waals surface area contributed by atoms with Crippen molar-refractivity contribution in [2.75, 3.05) is 5.32 Å². The van der Waals surface area contributed by atoms with E-state index in [9.17, 15) is 17.6 Å². The molecule has 1 aliphatic heterocycles. The molecule has 1 heterocycles. The summed E-state index contributed by atoms with van der Waals surface area (Å²) in [5.74, 6) is -1.25. The first-order valence-corrected chi connectivity index (χ1v) is 5.34. The van der Waals surface area contributed by atoms with Crippen molar-refractivity contribution in [1.29, 1.82) is 10.5 Å². The maximum atomic E-state index is 13.1. The number of anilines is 1. The molecule has 0 amide bonds. The number of allylic oxidation sites excluding steroid dienone is 1. The van der Waals surface area contributed by atoms with Crippen LogP contribution in [-0.4, -0.2) is 12.2 Å². The molecule has 21 heavy (non-hydrogen) atoms. The van der Waals surface area contributed by atoms with Gasteiger partial charge in [-0.25, -0.2) is 0 Å². The van der Waals surface area contributed by atoms with Crippen molar-refractivity contribution < 1.29 is 27.0 Å². The summed E-state index contributed by atoms with van der Waals surface area (Å²) >= 11 is 0. The second kappa shape index (κ2) is 4.87. The van der Waals surface area contributed by atoms with Gasteiger partial charge in [0.25, 0.3) is 0 Å². The molecule has 1 aliphatic rings. The molecule has 0 atom stereocenters. The second-order valence-electron chi connectivity index (χ2n) is 3.80. The van der Waals surface area contributed by atoms with E-state index < -0.39 is 23.7 Å². The standard InChI is InChI=1S/C12H5F4N3O2/c13-11(14)12(15,16)21-10-8(2-1-3-9(10)20-11)19-6-7(4-17)5-18/h1-3,6,19H. The van der Waals surface area contributed by atoms with Crippen molar-refractivity contribution in [3.8, 4) is 23.6 Å². The number of nitrogens with zero attached hydrogens (tertiary/aromatic N) is 2. The van der Waals surface area contributed by atoms with E-state index in [1.165, 1.54) is 24.3 Å². The molecule has 0 aromatic heterocycles. The summed E-state index contributed by atoms with van der Waals surface area (Å²) in [4.78, 5) is 0. The topological polar surface area (TPSA) is 78.1 Å². The van der Waals surface area contributed by atoms with Crippen LogP contribution >= 0.6 is 0 Å². The highest BCUT2D eigenvalue weighted by atomic mass is 19.3. The lowest BCUT2D eigenvalue weighted by atomic mass is 10.2. The number of para-hydroxylation sites is 1. The second-order valence-corrected chi connectivity index (χ2v) is 3.80. The van der Waals surface area contributed by atoms with Crippen LogP contribution in [-0.2, 0) is 0 Å². The fraction of sp³-hybridized carbons (Fsp3) is 0.167. The molecular weight excluding hydrogens is 294 g/mol. The number of fused-ring (bicyclic) bond motifs is 1. The average molecular weight is 299 g/mol. The summed E-state index contributed by atoms with van der Waals surface area (Å²) < 4.78 is 60.2. The number of alkyl halides is 4. The van der Waals surface area contributed by atoms with E-state index in [2.05, 4.69) is 14.8 Å². The lowest BCUT2D eigenvalue weighted by Crippen LogP contribution is -2.52. The first-order valence-electron chi connectivity index (χ1n) is 5.34. The zero-order valence-electron chi connectivity index (χ0n) is 10.0. The molecule has 0 saturated carbocycles. The summed E-state index contributed by atoms with van der Waals surface area (Å²) in [5.41, 5.74) is -0.507.